The van der Waals surface area contributed by atoms with Crippen molar-refractivity contribution in [3.8, 4) is 0 Å². The lowest BCUT2D eigenvalue weighted by atomic mass is 10.2. The highest BCUT2D eigenvalue weighted by atomic mass is 79.9. The molecular weight excluding hydrogens is 352 g/mol. The molecule has 0 aliphatic carbocycles. The lowest BCUT2D eigenvalue weighted by Gasteiger charge is -2.28. The second kappa shape index (κ2) is 7.01. The summed E-state index contributed by atoms with van der Waals surface area (Å²) in [5.74, 6) is 0.850. The van der Waals surface area contributed by atoms with Crippen LogP contribution >= 0.6 is 27.7 Å². The summed E-state index contributed by atoms with van der Waals surface area (Å²) in [7, 11) is 0. The summed E-state index contributed by atoms with van der Waals surface area (Å²) in [6, 6.07) is 6.10. The van der Waals surface area contributed by atoms with E-state index in [1.54, 1.807) is 11.8 Å². The first-order valence-electron chi connectivity index (χ1n) is 7.10. The Morgan fingerprint density at radius 2 is 2.29 bits per heavy atom. The van der Waals surface area contributed by atoms with Gasteiger partial charge in [0.2, 0.25) is 0 Å². The number of carbonyl (C=O) groups is 1. The van der Waals surface area contributed by atoms with Gasteiger partial charge in [-0.15, -0.1) is 11.8 Å². The number of carbonyl (C=O) groups excluding carboxylic acids is 1. The van der Waals surface area contributed by atoms with Crippen molar-refractivity contribution in [2.75, 3.05) is 12.3 Å². The summed E-state index contributed by atoms with van der Waals surface area (Å²) in [6.45, 7) is 6.48. The Bertz CT molecular complexity index is 505. The quantitative estimate of drug-likeness (QED) is 0.584. The van der Waals surface area contributed by atoms with E-state index in [9.17, 15) is 4.79 Å². The van der Waals surface area contributed by atoms with Crippen LogP contribution in [0.15, 0.2) is 27.8 Å². The minimum atomic E-state index is -0.441. The summed E-state index contributed by atoms with van der Waals surface area (Å²) in [6.07, 6.45) is 1.86. The Labute approximate surface area is 138 Å². The number of nitrogens with zero attached hydrogens (tertiary/aromatic N) is 2. The summed E-state index contributed by atoms with van der Waals surface area (Å²) >= 11 is 5.06. The highest BCUT2D eigenvalue weighted by molar-refractivity contribution is 9.10. The van der Waals surface area contributed by atoms with Gasteiger partial charge in [-0.2, -0.15) is 0 Å². The zero-order valence-electron chi connectivity index (χ0n) is 12.6. The fraction of sp³-hybridized carbons (Fsp3) is 0.600. The summed E-state index contributed by atoms with van der Waals surface area (Å²) < 4.78 is 6.31. The zero-order valence-corrected chi connectivity index (χ0v) is 15.0. The first-order valence-corrected chi connectivity index (χ1v) is 8.88. The summed E-state index contributed by atoms with van der Waals surface area (Å²) in [5.41, 5.74) is -0.441. The van der Waals surface area contributed by atoms with E-state index >= 15 is 0 Å². The molecule has 116 valence electrons. The molecule has 0 bridgehead atoms. The number of aromatic nitrogens is 1. The van der Waals surface area contributed by atoms with Crippen molar-refractivity contribution in [3.63, 3.8) is 0 Å². The van der Waals surface area contributed by atoms with Crippen LogP contribution in [0.25, 0.3) is 0 Å². The maximum Gasteiger partial charge on any atom is 0.410 e. The zero-order chi connectivity index (χ0) is 15.5. The molecule has 1 aliphatic rings. The molecule has 1 aromatic heterocycles. The van der Waals surface area contributed by atoms with E-state index in [1.165, 1.54) is 0 Å². The summed E-state index contributed by atoms with van der Waals surface area (Å²) in [5, 5.41) is 0.973. The molecule has 1 aromatic rings. The molecule has 1 amide bonds. The van der Waals surface area contributed by atoms with Gasteiger partial charge < -0.3 is 9.64 Å². The molecule has 2 rings (SSSR count). The predicted octanol–water partition coefficient (Wildman–Crippen LogP) is 4.34. The number of likely N-dealkylation sites (tertiary alicyclic amines) is 1. The van der Waals surface area contributed by atoms with Crippen LogP contribution in [-0.4, -0.2) is 39.9 Å². The Kier molecular flexibility index (Phi) is 5.54. The number of amides is 1. The fourth-order valence-electron chi connectivity index (χ4n) is 2.22. The van der Waals surface area contributed by atoms with Crippen LogP contribution in [0.5, 0.6) is 0 Å². The topological polar surface area (TPSA) is 42.4 Å². The van der Waals surface area contributed by atoms with E-state index in [2.05, 4.69) is 20.9 Å². The van der Waals surface area contributed by atoms with Gasteiger partial charge in [-0.25, -0.2) is 9.78 Å². The molecule has 1 atom stereocenters. The SMILES string of the molecule is CC(C)(C)OC(=O)N1CCC[C@H]1CSc1cccc(Br)n1. The first-order chi connectivity index (χ1) is 9.85. The third-order valence-corrected chi connectivity index (χ3v) is 4.63. The molecule has 0 radical (unpaired) electrons. The molecule has 0 saturated carbocycles. The van der Waals surface area contributed by atoms with Crippen LogP contribution in [0.2, 0.25) is 0 Å². The average molecular weight is 373 g/mol. The standard InChI is InChI=1S/C15H21BrN2O2S/c1-15(2,3)20-14(19)18-9-5-6-11(18)10-21-13-8-4-7-12(16)17-13/h4,7-8,11H,5-6,9-10H2,1-3H3/t11-/m0/s1. The Balaban J connectivity index is 1.91. The second-order valence-electron chi connectivity index (χ2n) is 6.08. The molecule has 1 fully saturated rings. The van der Waals surface area contributed by atoms with E-state index in [4.69, 9.17) is 4.74 Å². The van der Waals surface area contributed by atoms with Gasteiger partial charge in [-0.1, -0.05) is 6.07 Å². The van der Waals surface area contributed by atoms with Gasteiger partial charge in [-0.05, 0) is 61.7 Å². The maximum absolute atomic E-state index is 12.2. The fourth-order valence-corrected chi connectivity index (χ4v) is 3.73. The van der Waals surface area contributed by atoms with Crippen LogP contribution in [0.1, 0.15) is 33.6 Å². The van der Waals surface area contributed by atoms with Gasteiger partial charge in [0.15, 0.2) is 0 Å². The van der Waals surface area contributed by atoms with E-state index in [0.29, 0.717) is 0 Å². The van der Waals surface area contributed by atoms with Gasteiger partial charge in [0, 0.05) is 18.3 Å². The van der Waals surface area contributed by atoms with Crippen molar-refractivity contribution in [2.24, 2.45) is 0 Å². The lowest BCUT2D eigenvalue weighted by molar-refractivity contribution is 0.0242. The monoisotopic (exact) mass is 372 g/mol. The molecule has 6 heteroatoms. The van der Waals surface area contributed by atoms with Crippen LogP contribution in [0, 0.1) is 0 Å². The van der Waals surface area contributed by atoms with Gasteiger partial charge in [0.25, 0.3) is 0 Å². The molecular formula is C15H21BrN2O2S. The number of rotatable bonds is 3. The van der Waals surface area contributed by atoms with Crippen LogP contribution in [0.4, 0.5) is 4.79 Å². The van der Waals surface area contributed by atoms with Gasteiger partial charge in [-0.3, -0.25) is 0 Å². The van der Waals surface area contributed by atoms with E-state index in [0.717, 1.165) is 34.8 Å². The largest absolute Gasteiger partial charge is 0.444 e. The highest BCUT2D eigenvalue weighted by Gasteiger charge is 2.32. The summed E-state index contributed by atoms with van der Waals surface area (Å²) in [4.78, 5) is 18.5. The van der Waals surface area contributed by atoms with Gasteiger partial charge in [0.1, 0.15) is 10.2 Å². The number of pyridine rings is 1. The third-order valence-electron chi connectivity index (χ3n) is 3.12. The molecule has 0 aromatic carbocycles. The number of halogens is 1. The highest BCUT2D eigenvalue weighted by Crippen LogP contribution is 2.27. The number of hydrogen-bond acceptors (Lipinski definition) is 4. The normalized spacial score (nSPS) is 18.9. The smallest absolute Gasteiger partial charge is 0.410 e. The minimum absolute atomic E-state index is 0.201. The van der Waals surface area contributed by atoms with Crippen molar-refractivity contribution < 1.29 is 9.53 Å². The van der Waals surface area contributed by atoms with Crippen LogP contribution in [-0.2, 0) is 4.74 Å². The van der Waals surface area contributed by atoms with Crippen molar-refractivity contribution >= 4 is 33.8 Å². The van der Waals surface area contributed by atoms with Crippen molar-refractivity contribution in [2.45, 2.75) is 50.3 Å². The van der Waals surface area contributed by atoms with E-state index in [1.807, 2.05) is 43.9 Å². The molecule has 0 spiro atoms. The average Bonchev–Trinajstić information content (AvgIpc) is 2.83. The lowest BCUT2D eigenvalue weighted by Crippen LogP contribution is -2.40. The predicted molar refractivity (Wildman–Crippen MR) is 88.6 cm³/mol. The van der Waals surface area contributed by atoms with Crippen LogP contribution < -0.4 is 0 Å². The Morgan fingerprint density at radius 1 is 1.52 bits per heavy atom. The third kappa shape index (κ3) is 5.18. The van der Waals surface area contributed by atoms with Crippen molar-refractivity contribution in [3.05, 3.63) is 22.8 Å². The number of ether oxygens (including phenoxy) is 1. The number of hydrogen-bond donors (Lipinski definition) is 0. The minimum Gasteiger partial charge on any atom is -0.444 e. The van der Waals surface area contributed by atoms with Gasteiger partial charge in [0.05, 0.1) is 5.03 Å². The van der Waals surface area contributed by atoms with Crippen molar-refractivity contribution in [1.82, 2.24) is 9.88 Å². The Morgan fingerprint density at radius 3 is 2.95 bits per heavy atom. The van der Waals surface area contributed by atoms with E-state index in [-0.39, 0.29) is 12.1 Å². The molecule has 2 heterocycles. The second-order valence-corrected chi connectivity index (χ2v) is 7.93. The maximum atomic E-state index is 12.2. The molecule has 21 heavy (non-hydrogen) atoms. The molecule has 1 saturated heterocycles. The molecule has 0 N–H and O–H groups in total. The Hall–Kier alpha value is -0.750. The molecule has 0 unspecified atom stereocenters. The first kappa shape index (κ1) is 16.6. The molecule has 1 aliphatic heterocycles. The molecule has 4 nitrogen and oxygen atoms in total. The van der Waals surface area contributed by atoms with Crippen molar-refractivity contribution in [1.29, 1.82) is 0 Å². The van der Waals surface area contributed by atoms with E-state index < -0.39 is 5.60 Å². The number of thioether (sulfide) groups is 1. The van der Waals surface area contributed by atoms with Crippen LogP contribution in [0.3, 0.4) is 0 Å². The van der Waals surface area contributed by atoms with Gasteiger partial charge >= 0.3 is 6.09 Å².